The van der Waals surface area contributed by atoms with Crippen molar-refractivity contribution >= 4 is 11.6 Å². The third-order valence-electron chi connectivity index (χ3n) is 4.79. The van der Waals surface area contributed by atoms with Gasteiger partial charge in [-0.15, -0.1) is 5.10 Å². The van der Waals surface area contributed by atoms with Crippen LogP contribution in [0.4, 0.5) is 0 Å². The molecule has 1 unspecified atom stereocenters. The molecule has 0 spiro atoms. The van der Waals surface area contributed by atoms with Gasteiger partial charge in [0.15, 0.2) is 5.78 Å². The van der Waals surface area contributed by atoms with E-state index in [1.165, 1.54) is 0 Å². The van der Waals surface area contributed by atoms with Gasteiger partial charge >= 0.3 is 0 Å². The summed E-state index contributed by atoms with van der Waals surface area (Å²) in [4.78, 5) is 24.1. The van der Waals surface area contributed by atoms with Crippen molar-refractivity contribution in [3.05, 3.63) is 11.9 Å². The molecule has 0 aliphatic carbocycles. The van der Waals surface area contributed by atoms with Crippen molar-refractivity contribution in [1.82, 2.24) is 20.3 Å². The second kappa shape index (κ2) is 8.34. The van der Waals surface area contributed by atoms with E-state index in [4.69, 9.17) is 0 Å². The van der Waals surface area contributed by atoms with Gasteiger partial charge in [-0.1, -0.05) is 25.5 Å². The lowest BCUT2D eigenvalue weighted by atomic mass is 9.84. The van der Waals surface area contributed by atoms with Crippen molar-refractivity contribution in [2.45, 2.75) is 58.9 Å². The molecular formula is C17H28N4O2. The number of rotatable bonds is 8. The molecule has 1 fully saturated rings. The number of ketones is 2. The second-order valence-corrected chi connectivity index (χ2v) is 6.65. The molecule has 2 atom stereocenters. The van der Waals surface area contributed by atoms with Crippen molar-refractivity contribution in [2.75, 3.05) is 13.1 Å². The molecule has 1 aromatic rings. The van der Waals surface area contributed by atoms with Gasteiger partial charge in [0, 0.05) is 18.5 Å². The average molecular weight is 320 g/mol. The van der Waals surface area contributed by atoms with E-state index in [0.717, 1.165) is 38.0 Å². The SMILES string of the molecule is CCC(C)[C@@H](C(=O)C1CCNCC1)n1cc(CCC(C)=O)nn1. The van der Waals surface area contributed by atoms with Gasteiger partial charge in [0.05, 0.1) is 5.69 Å². The Kier molecular flexibility index (Phi) is 6.45. The van der Waals surface area contributed by atoms with Gasteiger partial charge in [-0.05, 0) is 45.2 Å². The summed E-state index contributed by atoms with van der Waals surface area (Å²) in [6.45, 7) is 7.59. The number of carbonyl (C=O) groups is 2. The smallest absolute Gasteiger partial charge is 0.160 e. The number of nitrogens with one attached hydrogen (secondary N) is 1. The van der Waals surface area contributed by atoms with E-state index in [1.807, 2.05) is 6.20 Å². The van der Waals surface area contributed by atoms with Gasteiger partial charge in [-0.25, -0.2) is 4.68 Å². The molecule has 2 heterocycles. The van der Waals surface area contributed by atoms with E-state index in [-0.39, 0.29) is 29.4 Å². The fourth-order valence-electron chi connectivity index (χ4n) is 3.11. The lowest BCUT2D eigenvalue weighted by Crippen LogP contribution is -2.37. The molecule has 1 aromatic heterocycles. The Morgan fingerprint density at radius 3 is 2.70 bits per heavy atom. The van der Waals surface area contributed by atoms with E-state index in [9.17, 15) is 9.59 Å². The van der Waals surface area contributed by atoms with Crippen LogP contribution in [0.25, 0.3) is 0 Å². The fraction of sp³-hybridized carbons (Fsp3) is 0.765. The predicted octanol–water partition coefficient (Wildman–Crippen LogP) is 1.96. The molecule has 0 bridgehead atoms. The highest BCUT2D eigenvalue weighted by Gasteiger charge is 2.33. The molecule has 2 rings (SSSR count). The molecule has 0 saturated carbocycles. The fourth-order valence-corrected chi connectivity index (χ4v) is 3.11. The van der Waals surface area contributed by atoms with E-state index < -0.39 is 0 Å². The maximum Gasteiger partial charge on any atom is 0.160 e. The van der Waals surface area contributed by atoms with Crippen LogP contribution in [0.3, 0.4) is 0 Å². The maximum atomic E-state index is 13.0. The van der Waals surface area contributed by atoms with Crippen LogP contribution in [0.15, 0.2) is 6.20 Å². The Labute approximate surface area is 138 Å². The Bertz CT molecular complexity index is 534. The number of hydrogen-bond donors (Lipinski definition) is 1. The van der Waals surface area contributed by atoms with Crippen molar-refractivity contribution in [3.8, 4) is 0 Å². The first-order chi connectivity index (χ1) is 11.0. The first-order valence-electron chi connectivity index (χ1n) is 8.67. The molecule has 0 amide bonds. The maximum absolute atomic E-state index is 13.0. The van der Waals surface area contributed by atoms with Crippen molar-refractivity contribution < 1.29 is 9.59 Å². The number of aromatic nitrogens is 3. The number of Topliss-reactive ketones (excluding diaryl/α,β-unsaturated/α-hetero) is 2. The molecule has 1 aliphatic rings. The predicted molar refractivity (Wildman–Crippen MR) is 88.1 cm³/mol. The summed E-state index contributed by atoms with van der Waals surface area (Å²) in [5.41, 5.74) is 0.784. The van der Waals surface area contributed by atoms with Gasteiger partial charge in [0.25, 0.3) is 0 Å². The van der Waals surface area contributed by atoms with Crippen LogP contribution in [-0.4, -0.2) is 39.6 Å². The molecule has 23 heavy (non-hydrogen) atoms. The Morgan fingerprint density at radius 2 is 2.09 bits per heavy atom. The second-order valence-electron chi connectivity index (χ2n) is 6.65. The number of aryl methyl sites for hydroxylation is 1. The molecule has 6 heteroatoms. The molecule has 0 radical (unpaired) electrons. The quantitative estimate of drug-likeness (QED) is 0.792. The third-order valence-corrected chi connectivity index (χ3v) is 4.79. The minimum absolute atomic E-state index is 0.111. The van der Waals surface area contributed by atoms with Gasteiger partial charge in [-0.3, -0.25) is 4.79 Å². The zero-order chi connectivity index (χ0) is 16.8. The molecule has 6 nitrogen and oxygen atoms in total. The summed E-state index contributed by atoms with van der Waals surface area (Å²) in [6.07, 6.45) is 5.62. The highest BCUT2D eigenvalue weighted by molar-refractivity contribution is 5.85. The Hall–Kier alpha value is -1.56. The average Bonchev–Trinajstić information content (AvgIpc) is 3.02. The first kappa shape index (κ1) is 17.8. The summed E-state index contributed by atoms with van der Waals surface area (Å²) in [7, 11) is 0. The highest BCUT2D eigenvalue weighted by Crippen LogP contribution is 2.28. The topological polar surface area (TPSA) is 76.9 Å². The minimum Gasteiger partial charge on any atom is -0.317 e. The van der Waals surface area contributed by atoms with Crippen molar-refractivity contribution in [3.63, 3.8) is 0 Å². The largest absolute Gasteiger partial charge is 0.317 e. The van der Waals surface area contributed by atoms with Crippen LogP contribution >= 0.6 is 0 Å². The van der Waals surface area contributed by atoms with Gasteiger partial charge in [0.1, 0.15) is 11.8 Å². The number of carbonyl (C=O) groups excluding carboxylic acids is 2. The normalized spacial score (nSPS) is 18.6. The molecule has 1 saturated heterocycles. The summed E-state index contributed by atoms with van der Waals surface area (Å²) < 4.78 is 1.73. The van der Waals surface area contributed by atoms with Crippen LogP contribution in [0.2, 0.25) is 0 Å². The molecular weight excluding hydrogens is 292 g/mol. The Morgan fingerprint density at radius 1 is 1.39 bits per heavy atom. The van der Waals surface area contributed by atoms with Crippen molar-refractivity contribution in [2.24, 2.45) is 11.8 Å². The van der Waals surface area contributed by atoms with Gasteiger partial charge in [0.2, 0.25) is 0 Å². The van der Waals surface area contributed by atoms with Crippen LogP contribution < -0.4 is 5.32 Å². The molecule has 0 aromatic carbocycles. The molecule has 128 valence electrons. The van der Waals surface area contributed by atoms with Crippen LogP contribution in [-0.2, 0) is 16.0 Å². The minimum atomic E-state index is -0.248. The monoisotopic (exact) mass is 320 g/mol. The van der Waals surface area contributed by atoms with Crippen LogP contribution in [0.1, 0.15) is 58.2 Å². The van der Waals surface area contributed by atoms with E-state index in [1.54, 1.807) is 11.6 Å². The van der Waals surface area contributed by atoms with E-state index in [2.05, 4.69) is 29.5 Å². The van der Waals surface area contributed by atoms with Crippen LogP contribution in [0.5, 0.6) is 0 Å². The van der Waals surface area contributed by atoms with E-state index in [0.29, 0.717) is 12.8 Å². The third kappa shape index (κ3) is 4.70. The molecule has 1 aliphatic heterocycles. The lowest BCUT2D eigenvalue weighted by Gasteiger charge is -2.28. The summed E-state index contributed by atoms with van der Waals surface area (Å²) in [6, 6.07) is -0.248. The number of nitrogens with zero attached hydrogens (tertiary/aromatic N) is 3. The van der Waals surface area contributed by atoms with Crippen molar-refractivity contribution in [1.29, 1.82) is 0 Å². The summed E-state index contributed by atoms with van der Waals surface area (Å²) in [5, 5.41) is 11.7. The van der Waals surface area contributed by atoms with Gasteiger partial charge < -0.3 is 10.1 Å². The summed E-state index contributed by atoms with van der Waals surface area (Å²) in [5.74, 6) is 0.757. The zero-order valence-electron chi connectivity index (χ0n) is 14.4. The Balaban J connectivity index is 2.14. The number of hydrogen-bond acceptors (Lipinski definition) is 5. The van der Waals surface area contributed by atoms with E-state index >= 15 is 0 Å². The standard InChI is InChI=1S/C17H28N4O2/c1-4-12(2)16(17(23)14-7-9-18-10-8-14)21-11-15(19-20-21)6-5-13(3)22/h11-12,14,16,18H,4-10H2,1-3H3/t12?,16-/m0/s1. The first-order valence-corrected chi connectivity index (χ1v) is 8.67. The number of piperidine rings is 1. The van der Waals surface area contributed by atoms with Gasteiger partial charge in [-0.2, -0.15) is 0 Å². The zero-order valence-corrected chi connectivity index (χ0v) is 14.4. The molecule has 1 N–H and O–H groups in total. The highest BCUT2D eigenvalue weighted by atomic mass is 16.1. The lowest BCUT2D eigenvalue weighted by molar-refractivity contribution is -0.128. The van der Waals surface area contributed by atoms with Crippen LogP contribution in [0, 0.1) is 11.8 Å². The summed E-state index contributed by atoms with van der Waals surface area (Å²) >= 11 is 0.